The zero-order valence-electron chi connectivity index (χ0n) is 9.36. The van der Waals surface area contributed by atoms with E-state index in [1.807, 2.05) is 13.8 Å². The summed E-state index contributed by atoms with van der Waals surface area (Å²) in [5.41, 5.74) is 1.79. The predicted octanol–water partition coefficient (Wildman–Crippen LogP) is 2.59. The highest BCUT2D eigenvalue weighted by Gasteiger charge is 2.44. The second-order valence-corrected chi connectivity index (χ2v) is 4.58. The van der Waals surface area contributed by atoms with Gasteiger partial charge in [0.15, 0.2) is 0 Å². The third kappa shape index (κ3) is 2.30. The molecule has 0 N–H and O–H groups in total. The molecule has 2 rings (SSSR count). The summed E-state index contributed by atoms with van der Waals surface area (Å²) in [6, 6.07) is 0. The number of rotatable bonds is 3. The monoisotopic (exact) mass is 210 g/mol. The van der Waals surface area contributed by atoms with Crippen molar-refractivity contribution in [2.24, 2.45) is 5.92 Å². The fourth-order valence-corrected chi connectivity index (χ4v) is 1.75. The van der Waals surface area contributed by atoms with Crippen LogP contribution in [-0.4, -0.2) is 18.5 Å². The minimum absolute atomic E-state index is 0.0814. The van der Waals surface area contributed by atoms with Gasteiger partial charge in [-0.3, -0.25) is 0 Å². The van der Waals surface area contributed by atoms with Crippen LogP contribution >= 0.6 is 0 Å². The largest absolute Gasteiger partial charge is 0.339 e. The Balaban J connectivity index is 2.05. The van der Waals surface area contributed by atoms with Crippen LogP contribution in [0, 0.1) is 5.92 Å². The molecule has 0 spiro atoms. The van der Waals surface area contributed by atoms with Gasteiger partial charge in [-0.15, -0.1) is 0 Å². The number of hydrogen-bond acceptors (Lipinski definition) is 3. The normalized spacial score (nSPS) is 36.3. The van der Waals surface area contributed by atoms with Crippen molar-refractivity contribution < 1.29 is 14.5 Å². The Bertz CT molecular complexity index is 281. The first-order valence-electron chi connectivity index (χ1n) is 5.38. The molecule has 1 aliphatic carbocycles. The van der Waals surface area contributed by atoms with E-state index in [1.54, 1.807) is 0 Å². The van der Waals surface area contributed by atoms with Gasteiger partial charge in [0.05, 0.1) is 6.10 Å². The highest BCUT2D eigenvalue weighted by Crippen LogP contribution is 2.40. The van der Waals surface area contributed by atoms with E-state index in [9.17, 15) is 0 Å². The molecular formula is C12H18O3. The van der Waals surface area contributed by atoms with E-state index in [-0.39, 0.29) is 12.2 Å². The lowest BCUT2D eigenvalue weighted by atomic mass is 10.0. The molecule has 15 heavy (non-hydrogen) atoms. The molecule has 84 valence electrons. The van der Waals surface area contributed by atoms with Crippen molar-refractivity contribution in [3.05, 3.63) is 24.3 Å². The average molecular weight is 210 g/mol. The van der Waals surface area contributed by atoms with Gasteiger partial charge < -0.3 is 4.74 Å². The Morgan fingerprint density at radius 3 is 2.20 bits per heavy atom. The minimum atomic E-state index is -0.425. The van der Waals surface area contributed by atoms with Gasteiger partial charge in [0.1, 0.15) is 6.10 Å². The molecule has 0 radical (unpaired) electrons. The van der Waals surface area contributed by atoms with E-state index in [2.05, 4.69) is 13.2 Å². The lowest BCUT2D eigenvalue weighted by Gasteiger charge is -2.36. The van der Waals surface area contributed by atoms with Crippen LogP contribution in [-0.2, 0) is 14.5 Å². The molecule has 0 amide bonds. The highest BCUT2D eigenvalue weighted by atomic mass is 17.2. The highest BCUT2D eigenvalue weighted by molar-refractivity contribution is 5.07. The van der Waals surface area contributed by atoms with Gasteiger partial charge in [0, 0.05) is 0 Å². The van der Waals surface area contributed by atoms with Gasteiger partial charge in [0.2, 0.25) is 6.29 Å². The van der Waals surface area contributed by atoms with Gasteiger partial charge in [-0.05, 0) is 43.8 Å². The maximum atomic E-state index is 5.84. The maximum absolute atomic E-state index is 5.84. The zero-order valence-corrected chi connectivity index (χ0v) is 9.36. The van der Waals surface area contributed by atoms with Crippen LogP contribution in [0.5, 0.6) is 0 Å². The molecule has 2 aliphatic rings. The van der Waals surface area contributed by atoms with Crippen LogP contribution in [0.3, 0.4) is 0 Å². The van der Waals surface area contributed by atoms with Crippen molar-refractivity contribution in [3.63, 3.8) is 0 Å². The van der Waals surface area contributed by atoms with E-state index >= 15 is 0 Å². The molecule has 3 nitrogen and oxygen atoms in total. The minimum Gasteiger partial charge on any atom is -0.339 e. The summed E-state index contributed by atoms with van der Waals surface area (Å²) >= 11 is 0. The average Bonchev–Trinajstić information content (AvgIpc) is 2.99. The lowest BCUT2D eigenvalue weighted by Crippen LogP contribution is -2.44. The van der Waals surface area contributed by atoms with Crippen molar-refractivity contribution in [3.8, 4) is 0 Å². The third-order valence-electron chi connectivity index (χ3n) is 2.80. The first-order chi connectivity index (χ1) is 7.09. The quantitative estimate of drug-likeness (QED) is 0.529. The SMILES string of the molecule is C=C(C)[C@@H]1OO[C@@H](C(=C)C)[C@H](C2CC2)O1. The Kier molecular flexibility index (Phi) is 2.96. The number of ether oxygens (including phenoxy) is 1. The van der Waals surface area contributed by atoms with Gasteiger partial charge in [-0.2, -0.15) is 4.89 Å². The van der Waals surface area contributed by atoms with Gasteiger partial charge in [-0.25, -0.2) is 4.89 Å². The Morgan fingerprint density at radius 1 is 1.07 bits per heavy atom. The molecule has 0 aromatic heterocycles. The van der Waals surface area contributed by atoms with Crippen molar-refractivity contribution in [1.82, 2.24) is 0 Å². The Labute approximate surface area is 90.6 Å². The second-order valence-electron chi connectivity index (χ2n) is 4.58. The van der Waals surface area contributed by atoms with Crippen molar-refractivity contribution in [2.45, 2.75) is 45.2 Å². The topological polar surface area (TPSA) is 27.7 Å². The fraction of sp³-hybridized carbons (Fsp3) is 0.667. The molecule has 1 aliphatic heterocycles. The standard InChI is InChI=1S/C12H18O3/c1-7(2)10-11(9-5-6-9)13-12(8(3)4)15-14-10/h9-12H,1,3,5-6H2,2,4H3/t10-,11-,12-/m0/s1. The van der Waals surface area contributed by atoms with Crippen LogP contribution < -0.4 is 0 Å². The summed E-state index contributed by atoms with van der Waals surface area (Å²) in [7, 11) is 0. The van der Waals surface area contributed by atoms with Gasteiger partial charge in [0.25, 0.3) is 0 Å². The van der Waals surface area contributed by atoms with E-state index in [0.717, 1.165) is 11.1 Å². The van der Waals surface area contributed by atoms with Gasteiger partial charge >= 0.3 is 0 Å². The summed E-state index contributed by atoms with van der Waals surface area (Å²) in [5.74, 6) is 0.595. The first kappa shape index (κ1) is 10.9. The smallest absolute Gasteiger partial charge is 0.213 e. The summed E-state index contributed by atoms with van der Waals surface area (Å²) < 4.78 is 5.84. The fourth-order valence-electron chi connectivity index (χ4n) is 1.75. The molecule has 1 saturated carbocycles. The summed E-state index contributed by atoms with van der Waals surface area (Å²) in [6.45, 7) is 11.5. The second kappa shape index (κ2) is 4.08. The predicted molar refractivity (Wildman–Crippen MR) is 57.0 cm³/mol. The van der Waals surface area contributed by atoms with E-state index in [1.165, 1.54) is 12.8 Å². The van der Waals surface area contributed by atoms with Crippen LogP contribution in [0.4, 0.5) is 0 Å². The Morgan fingerprint density at radius 2 is 1.73 bits per heavy atom. The van der Waals surface area contributed by atoms with Crippen molar-refractivity contribution in [2.75, 3.05) is 0 Å². The molecule has 0 aromatic rings. The van der Waals surface area contributed by atoms with Crippen LogP contribution in [0.15, 0.2) is 24.3 Å². The molecule has 2 fully saturated rings. The van der Waals surface area contributed by atoms with Crippen molar-refractivity contribution in [1.29, 1.82) is 0 Å². The van der Waals surface area contributed by atoms with Crippen LogP contribution in [0.1, 0.15) is 26.7 Å². The van der Waals surface area contributed by atoms with Gasteiger partial charge in [-0.1, -0.05) is 13.2 Å². The van der Waals surface area contributed by atoms with E-state index < -0.39 is 6.29 Å². The lowest BCUT2D eigenvalue weighted by molar-refractivity contribution is -0.443. The molecule has 0 bridgehead atoms. The summed E-state index contributed by atoms with van der Waals surface area (Å²) in [4.78, 5) is 10.5. The first-order valence-corrected chi connectivity index (χ1v) is 5.38. The summed E-state index contributed by atoms with van der Waals surface area (Å²) in [6.07, 6.45) is 1.94. The molecule has 0 aromatic carbocycles. The van der Waals surface area contributed by atoms with E-state index in [4.69, 9.17) is 14.5 Å². The summed E-state index contributed by atoms with van der Waals surface area (Å²) in [5, 5.41) is 0. The Hall–Kier alpha value is -0.640. The maximum Gasteiger partial charge on any atom is 0.213 e. The zero-order chi connectivity index (χ0) is 11.0. The molecule has 0 unspecified atom stereocenters. The van der Waals surface area contributed by atoms with Crippen LogP contribution in [0.2, 0.25) is 0 Å². The van der Waals surface area contributed by atoms with Crippen molar-refractivity contribution >= 4 is 0 Å². The molecule has 1 saturated heterocycles. The molecular weight excluding hydrogens is 192 g/mol. The van der Waals surface area contributed by atoms with Crippen LogP contribution in [0.25, 0.3) is 0 Å². The molecule has 3 heteroatoms. The van der Waals surface area contributed by atoms with E-state index in [0.29, 0.717) is 5.92 Å². The molecule has 1 heterocycles. The third-order valence-corrected chi connectivity index (χ3v) is 2.80. The number of hydrogen-bond donors (Lipinski definition) is 0. The molecule has 3 atom stereocenters.